The predicted molar refractivity (Wildman–Crippen MR) is 183 cm³/mol. The molecule has 44 heavy (non-hydrogen) atoms. The summed E-state index contributed by atoms with van der Waals surface area (Å²) in [5, 5.41) is 2.42. The Morgan fingerprint density at radius 1 is 0.500 bits per heavy atom. The van der Waals surface area contributed by atoms with Crippen molar-refractivity contribution >= 4 is 43.2 Å². The van der Waals surface area contributed by atoms with Crippen molar-refractivity contribution < 1.29 is 0 Å². The molecule has 0 amide bonds. The molecule has 8 aromatic rings. The van der Waals surface area contributed by atoms with Crippen LogP contribution in [0.25, 0.3) is 76.5 Å². The average molecular weight is 603 g/mol. The molecule has 6 heteroatoms. The van der Waals surface area contributed by atoms with Gasteiger partial charge in [0.2, 0.25) is 5.28 Å². The maximum atomic E-state index is 6.43. The summed E-state index contributed by atoms with van der Waals surface area (Å²) in [5.41, 5.74) is 8.94. The van der Waals surface area contributed by atoms with Gasteiger partial charge < -0.3 is 0 Å². The highest BCUT2D eigenvalue weighted by molar-refractivity contribution is 7.25. The van der Waals surface area contributed by atoms with Crippen LogP contribution in [0.2, 0.25) is 5.28 Å². The molecule has 4 nitrogen and oxygen atoms in total. The van der Waals surface area contributed by atoms with Gasteiger partial charge in [-0.3, -0.25) is 0 Å². The molecule has 0 N–H and O–H groups in total. The molecule has 3 aromatic heterocycles. The number of rotatable bonds is 5. The number of benzene rings is 5. The molecule has 8 rings (SSSR count). The molecule has 0 radical (unpaired) electrons. The number of nitrogens with zero attached hydrogens (tertiary/aromatic N) is 4. The Morgan fingerprint density at radius 3 is 1.89 bits per heavy atom. The largest absolute Gasteiger partial charge is 0.236 e. The summed E-state index contributed by atoms with van der Waals surface area (Å²) in [4.78, 5) is 20.0. The van der Waals surface area contributed by atoms with Gasteiger partial charge in [0.05, 0.1) is 11.4 Å². The molecule has 0 aliphatic rings. The second-order valence-electron chi connectivity index (χ2n) is 10.5. The van der Waals surface area contributed by atoms with E-state index in [4.69, 9.17) is 26.6 Å². The highest BCUT2D eigenvalue weighted by Gasteiger charge is 2.17. The summed E-state index contributed by atoms with van der Waals surface area (Å²) in [6.45, 7) is 0. The van der Waals surface area contributed by atoms with Crippen LogP contribution in [0.5, 0.6) is 0 Å². The van der Waals surface area contributed by atoms with Crippen LogP contribution in [0.1, 0.15) is 0 Å². The summed E-state index contributed by atoms with van der Waals surface area (Å²) in [6, 6.07) is 45.7. The van der Waals surface area contributed by atoms with Gasteiger partial charge in [0, 0.05) is 43.9 Å². The first-order chi connectivity index (χ1) is 21.7. The Kier molecular flexibility index (Phi) is 6.67. The molecule has 0 saturated heterocycles. The number of aromatic nitrogens is 4. The minimum Gasteiger partial charge on any atom is -0.236 e. The van der Waals surface area contributed by atoms with Gasteiger partial charge in [0.25, 0.3) is 0 Å². The summed E-state index contributed by atoms with van der Waals surface area (Å²) < 4.78 is 1.17. The van der Waals surface area contributed by atoms with Crippen molar-refractivity contribution in [1.82, 2.24) is 19.9 Å². The lowest BCUT2D eigenvalue weighted by atomic mass is 9.95. The molecular weight excluding hydrogens is 580 g/mol. The lowest BCUT2D eigenvalue weighted by Gasteiger charge is -2.13. The third kappa shape index (κ3) is 4.82. The summed E-state index contributed by atoms with van der Waals surface area (Å²) in [5.74, 6) is 0.702. The van der Waals surface area contributed by atoms with Crippen LogP contribution in [0.15, 0.2) is 140 Å². The monoisotopic (exact) mass is 602 g/mol. The van der Waals surface area contributed by atoms with Crippen LogP contribution >= 0.6 is 22.9 Å². The second kappa shape index (κ2) is 11.1. The zero-order valence-electron chi connectivity index (χ0n) is 23.4. The lowest BCUT2D eigenvalue weighted by Crippen LogP contribution is -1.96. The molecule has 3 heterocycles. The Bertz CT molecular complexity index is 2300. The van der Waals surface area contributed by atoms with E-state index in [1.54, 1.807) is 11.3 Å². The van der Waals surface area contributed by atoms with Crippen LogP contribution in [-0.2, 0) is 0 Å². The molecule has 0 bridgehead atoms. The molecule has 0 aliphatic heterocycles. The number of hydrogen-bond donors (Lipinski definition) is 0. The fourth-order valence-electron chi connectivity index (χ4n) is 5.65. The quantitative estimate of drug-likeness (QED) is 0.184. The highest BCUT2D eigenvalue weighted by atomic mass is 35.5. The third-order valence-electron chi connectivity index (χ3n) is 7.72. The van der Waals surface area contributed by atoms with Crippen LogP contribution in [-0.4, -0.2) is 19.9 Å². The molecule has 0 unspecified atom stereocenters. The molecule has 0 atom stereocenters. The maximum Gasteiger partial charge on any atom is 0.224 e. The van der Waals surface area contributed by atoms with E-state index in [0.29, 0.717) is 5.82 Å². The molecule has 0 aliphatic carbocycles. The molecule has 0 spiro atoms. The van der Waals surface area contributed by atoms with Crippen molar-refractivity contribution in [3.63, 3.8) is 0 Å². The number of halogens is 1. The maximum absolute atomic E-state index is 6.43. The van der Waals surface area contributed by atoms with Gasteiger partial charge in [-0.15, -0.1) is 11.3 Å². The van der Waals surface area contributed by atoms with Crippen molar-refractivity contribution in [2.75, 3.05) is 0 Å². The van der Waals surface area contributed by atoms with Crippen molar-refractivity contribution in [2.45, 2.75) is 0 Å². The zero-order valence-corrected chi connectivity index (χ0v) is 24.9. The smallest absolute Gasteiger partial charge is 0.224 e. The summed E-state index contributed by atoms with van der Waals surface area (Å²) >= 11 is 8.07. The molecular formula is C38H23ClN4S. The normalized spacial score (nSPS) is 11.3. The first-order valence-electron chi connectivity index (χ1n) is 14.3. The van der Waals surface area contributed by atoms with E-state index in [9.17, 15) is 0 Å². The zero-order chi connectivity index (χ0) is 29.5. The van der Waals surface area contributed by atoms with Crippen molar-refractivity contribution in [2.24, 2.45) is 0 Å². The van der Waals surface area contributed by atoms with Gasteiger partial charge in [0.1, 0.15) is 4.83 Å². The van der Waals surface area contributed by atoms with Crippen LogP contribution in [0, 0.1) is 0 Å². The van der Waals surface area contributed by atoms with E-state index in [1.165, 1.54) is 4.70 Å². The minimum atomic E-state index is 0.249. The average Bonchev–Trinajstić information content (AvgIpc) is 3.47. The van der Waals surface area contributed by atoms with Gasteiger partial charge in [-0.05, 0) is 46.5 Å². The molecule has 0 fully saturated rings. The van der Waals surface area contributed by atoms with Gasteiger partial charge in [-0.2, -0.15) is 0 Å². The Morgan fingerprint density at radius 2 is 1.11 bits per heavy atom. The van der Waals surface area contributed by atoms with Crippen molar-refractivity contribution in [3.8, 4) is 56.2 Å². The Balaban J connectivity index is 1.24. The standard InChI is InChI=1S/C38H23ClN4S/c39-38-42-35(33-30-19-7-8-20-32(30)44-37(33)43-38)29-18-10-16-27(22-29)26-15-9-17-28(21-26)31-23-40-36(25-13-5-2-6-14-25)41-34(31)24-11-3-1-4-12-24/h1-23H. The molecule has 5 aromatic carbocycles. The van der Waals surface area contributed by atoms with Crippen LogP contribution in [0.3, 0.4) is 0 Å². The van der Waals surface area contributed by atoms with Crippen molar-refractivity contribution in [1.29, 1.82) is 0 Å². The van der Waals surface area contributed by atoms with Gasteiger partial charge in [-0.1, -0.05) is 115 Å². The van der Waals surface area contributed by atoms with E-state index >= 15 is 0 Å². The number of thiophene rings is 1. The van der Waals surface area contributed by atoms with Gasteiger partial charge in [0.15, 0.2) is 5.82 Å². The van der Waals surface area contributed by atoms with Crippen LogP contribution < -0.4 is 0 Å². The highest BCUT2D eigenvalue weighted by Crippen LogP contribution is 2.40. The number of hydrogen-bond acceptors (Lipinski definition) is 5. The van der Waals surface area contributed by atoms with E-state index < -0.39 is 0 Å². The number of fused-ring (bicyclic) bond motifs is 3. The minimum absolute atomic E-state index is 0.249. The third-order valence-corrected chi connectivity index (χ3v) is 8.96. The summed E-state index contributed by atoms with van der Waals surface area (Å²) in [7, 11) is 0. The van der Waals surface area contributed by atoms with Crippen molar-refractivity contribution in [3.05, 3.63) is 145 Å². The predicted octanol–water partition coefficient (Wildman–Crippen LogP) is 10.6. The topological polar surface area (TPSA) is 51.6 Å². The van der Waals surface area contributed by atoms with E-state index in [1.807, 2.05) is 60.8 Å². The second-order valence-corrected chi connectivity index (χ2v) is 11.8. The van der Waals surface area contributed by atoms with Gasteiger partial charge >= 0.3 is 0 Å². The Labute approximate surface area is 263 Å². The first-order valence-corrected chi connectivity index (χ1v) is 15.4. The lowest BCUT2D eigenvalue weighted by molar-refractivity contribution is 1.18. The Hall–Kier alpha value is -5.23. The van der Waals surface area contributed by atoms with E-state index in [0.717, 1.165) is 65.9 Å². The van der Waals surface area contributed by atoms with Crippen LogP contribution in [0.4, 0.5) is 0 Å². The first kappa shape index (κ1) is 26.4. The van der Waals surface area contributed by atoms with E-state index in [-0.39, 0.29) is 5.28 Å². The molecule has 208 valence electrons. The van der Waals surface area contributed by atoms with Gasteiger partial charge in [-0.25, -0.2) is 19.9 Å². The fraction of sp³-hybridized carbons (Fsp3) is 0. The van der Waals surface area contributed by atoms with E-state index in [2.05, 4.69) is 83.8 Å². The SMILES string of the molecule is Clc1nc(-c2cccc(-c3cccc(-c4cnc(-c5ccccc5)nc4-c4ccccc4)c3)c2)c2c(n1)sc1ccccc12. The molecule has 0 saturated carbocycles. The fourth-order valence-corrected chi connectivity index (χ4v) is 6.95. The summed E-state index contributed by atoms with van der Waals surface area (Å²) in [6.07, 6.45) is 1.94.